The third-order valence-electron chi connectivity index (χ3n) is 6.29. The Morgan fingerprint density at radius 2 is 1.86 bits per heavy atom. The fourth-order valence-corrected chi connectivity index (χ4v) is 4.64. The highest BCUT2D eigenvalue weighted by Crippen LogP contribution is 2.40. The third kappa shape index (κ3) is 5.38. The maximum absolute atomic E-state index is 9.10. The molecule has 2 aromatic carbocycles. The van der Waals surface area contributed by atoms with Crippen molar-refractivity contribution < 1.29 is 0 Å². The number of nitrogens with zero attached hydrogens (tertiary/aromatic N) is 4. The monoisotopic (exact) mass is 472 g/mol. The normalized spacial score (nSPS) is 16.6. The van der Waals surface area contributed by atoms with Crippen LogP contribution in [0.3, 0.4) is 0 Å². The Morgan fingerprint density at radius 1 is 1.06 bits per heavy atom. The molecule has 178 valence electrons. The average Bonchev–Trinajstić information content (AvgIpc) is 2.88. The molecule has 2 N–H and O–H groups in total. The van der Waals surface area contributed by atoms with Gasteiger partial charge in [-0.1, -0.05) is 50.0 Å². The number of anilines is 3. The molecular formula is C30H28N6. The van der Waals surface area contributed by atoms with Crippen molar-refractivity contribution in [3.63, 3.8) is 0 Å². The van der Waals surface area contributed by atoms with Crippen molar-refractivity contribution in [2.24, 2.45) is 5.92 Å². The van der Waals surface area contributed by atoms with E-state index >= 15 is 0 Å². The molecule has 0 amide bonds. The summed E-state index contributed by atoms with van der Waals surface area (Å²) in [5.74, 6) is 7.04. The molecule has 2 unspecified atom stereocenters. The Kier molecular flexibility index (Phi) is 7.64. The lowest BCUT2D eigenvalue weighted by Crippen LogP contribution is -2.15. The van der Waals surface area contributed by atoms with Crippen LogP contribution in [0.2, 0.25) is 0 Å². The van der Waals surface area contributed by atoms with Gasteiger partial charge in [0, 0.05) is 35.0 Å². The maximum Gasteiger partial charge on any atom is 0.229 e. The summed E-state index contributed by atoms with van der Waals surface area (Å²) in [7, 11) is 0. The molecule has 1 aromatic heterocycles. The summed E-state index contributed by atoms with van der Waals surface area (Å²) in [6.07, 6.45) is 6.32. The highest BCUT2D eigenvalue weighted by molar-refractivity contribution is 5.93. The highest BCUT2D eigenvalue weighted by Gasteiger charge is 2.26. The number of nitriles is 2. The lowest BCUT2D eigenvalue weighted by molar-refractivity contribution is 0.606. The highest BCUT2D eigenvalue weighted by atomic mass is 15.1. The molecule has 0 saturated carbocycles. The van der Waals surface area contributed by atoms with Crippen LogP contribution in [0.15, 0.2) is 65.8 Å². The minimum Gasteiger partial charge on any atom is -0.369 e. The smallest absolute Gasteiger partial charge is 0.229 e. The van der Waals surface area contributed by atoms with Gasteiger partial charge in [0.25, 0.3) is 0 Å². The van der Waals surface area contributed by atoms with Crippen molar-refractivity contribution in [1.82, 2.24) is 9.97 Å². The van der Waals surface area contributed by atoms with Gasteiger partial charge in [0.2, 0.25) is 5.95 Å². The molecule has 0 spiro atoms. The molecule has 0 radical (unpaired) electrons. The van der Waals surface area contributed by atoms with Crippen molar-refractivity contribution >= 4 is 28.4 Å². The van der Waals surface area contributed by atoms with Crippen LogP contribution >= 0.6 is 0 Å². The Morgan fingerprint density at radius 3 is 2.56 bits per heavy atom. The van der Waals surface area contributed by atoms with Gasteiger partial charge in [0.05, 0.1) is 17.1 Å². The number of unbranched alkanes of at least 4 members (excludes halogenated alkanes) is 1. The van der Waals surface area contributed by atoms with Crippen LogP contribution in [-0.2, 0) is 0 Å². The first-order valence-electron chi connectivity index (χ1n) is 12.2. The van der Waals surface area contributed by atoms with Crippen molar-refractivity contribution in [2.75, 3.05) is 17.2 Å². The van der Waals surface area contributed by atoms with Crippen molar-refractivity contribution in [3.05, 3.63) is 76.9 Å². The summed E-state index contributed by atoms with van der Waals surface area (Å²) < 4.78 is 0. The van der Waals surface area contributed by atoms with Gasteiger partial charge in [0.15, 0.2) is 6.07 Å². The van der Waals surface area contributed by atoms with Gasteiger partial charge in [-0.15, -0.1) is 0 Å². The Labute approximate surface area is 212 Å². The molecule has 2 atom stereocenters. The molecule has 4 rings (SSSR count). The van der Waals surface area contributed by atoms with Crippen LogP contribution < -0.4 is 10.6 Å². The van der Waals surface area contributed by atoms with Gasteiger partial charge < -0.3 is 10.6 Å². The number of benzene rings is 2. The first-order chi connectivity index (χ1) is 17.5. The topological polar surface area (TPSA) is 97.4 Å². The molecule has 36 heavy (non-hydrogen) atoms. The second-order valence-corrected chi connectivity index (χ2v) is 8.94. The van der Waals surface area contributed by atoms with E-state index in [9.17, 15) is 0 Å². The molecule has 0 saturated heterocycles. The number of aromatic nitrogens is 2. The lowest BCUT2D eigenvalue weighted by Gasteiger charge is -2.28. The number of fused-ring (bicyclic) bond motifs is 1. The molecule has 3 aromatic rings. The van der Waals surface area contributed by atoms with Gasteiger partial charge in [-0.2, -0.15) is 15.5 Å². The van der Waals surface area contributed by atoms with Crippen molar-refractivity contribution in [3.8, 4) is 24.0 Å². The van der Waals surface area contributed by atoms with Crippen LogP contribution in [0.5, 0.6) is 0 Å². The van der Waals surface area contributed by atoms with Gasteiger partial charge in [-0.25, -0.2) is 4.98 Å². The van der Waals surface area contributed by atoms with Crippen LogP contribution in [0.4, 0.5) is 17.5 Å². The molecule has 6 heteroatoms. The second kappa shape index (κ2) is 11.2. The first kappa shape index (κ1) is 24.5. The van der Waals surface area contributed by atoms with Crippen LogP contribution in [0, 0.1) is 40.4 Å². The zero-order valence-corrected chi connectivity index (χ0v) is 20.8. The number of allylic oxidation sites excluding steroid dienone is 4. The summed E-state index contributed by atoms with van der Waals surface area (Å²) >= 11 is 0. The predicted molar refractivity (Wildman–Crippen MR) is 145 cm³/mol. The van der Waals surface area contributed by atoms with Crippen LogP contribution in [0.25, 0.3) is 10.9 Å². The number of hydrogen-bond acceptors (Lipinski definition) is 6. The van der Waals surface area contributed by atoms with Gasteiger partial charge in [-0.05, 0) is 61.2 Å². The Bertz CT molecular complexity index is 1470. The van der Waals surface area contributed by atoms with E-state index in [4.69, 9.17) is 20.5 Å². The van der Waals surface area contributed by atoms with Crippen molar-refractivity contribution in [2.45, 2.75) is 39.5 Å². The fourth-order valence-electron chi connectivity index (χ4n) is 4.64. The van der Waals surface area contributed by atoms with Gasteiger partial charge in [0.1, 0.15) is 5.82 Å². The average molecular weight is 473 g/mol. The first-order valence-corrected chi connectivity index (χ1v) is 12.2. The molecule has 0 aliphatic heterocycles. The summed E-state index contributed by atoms with van der Waals surface area (Å²) in [6.45, 7) is 7.27. The minimum absolute atomic E-state index is 0.127. The number of hydrogen-bond donors (Lipinski definition) is 2. The van der Waals surface area contributed by atoms with E-state index in [0.29, 0.717) is 11.5 Å². The molecule has 1 heterocycles. The zero-order chi connectivity index (χ0) is 25.5. The van der Waals surface area contributed by atoms with Crippen molar-refractivity contribution in [1.29, 1.82) is 10.5 Å². The second-order valence-electron chi connectivity index (χ2n) is 8.94. The molecular weight excluding hydrogens is 444 g/mol. The molecule has 0 bridgehead atoms. The summed E-state index contributed by atoms with van der Waals surface area (Å²) in [4.78, 5) is 9.78. The summed E-state index contributed by atoms with van der Waals surface area (Å²) in [5, 5.41) is 25.7. The molecule has 1 aliphatic carbocycles. The maximum atomic E-state index is 9.10. The lowest BCUT2D eigenvalue weighted by atomic mass is 9.76. The number of rotatable bonds is 7. The van der Waals surface area contributed by atoms with E-state index in [1.54, 1.807) is 12.1 Å². The molecule has 6 nitrogen and oxygen atoms in total. The number of para-hydroxylation sites is 1. The summed E-state index contributed by atoms with van der Waals surface area (Å²) in [6, 6.07) is 17.5. The molecule has 0 fully saturated rings. The molecule has 1 aliphatic rings. The van der Waals surface area contributed by atoms with E-state index in [1.165, 1.54) is 5.57 Å². The predicted octanol–water partition coefficient (Wildman–Crippen LogP) is 6.59. The van der Waals surface area contributed by atoms with E-state index < -0.39 is 0 Å². The SMILES string of the molecule is CCCCNc1nc(Nc2ccc(C#N)cc2)nc2c(C3C(C)=CC(C#CC#N)=CC3C)cccc12. The largest absolute Gasteiger partial charge is 0.369 e. The van der Waals surface area contributed by atoms with Gasteiger partial charge in [-0.3, -0.25) is 0 Å². The Hall–Kier alpha value is -4.60. The standard InChI is InChI=1S/C30H28N6/c1-4-5-16-33-29-26-10-6-9-25(27-20(2)17-23(8-7-15-31)18-21(27)3)28(26)35-30(36-29)34-24-13-11-22(19-32)12-14-24/h6,9-14,17-18,20,27H,4-5,16H2,1-3H3,(H2,33,34,35,36). The number of nitrogens with one attached hydrogen (secondary N) is 2. The fraction of sp³-hybridized carbons (Fsp3) is 0.267. The minimum atomic E-state index is 0.127. The van der Waals surface area contributed by atoms with Crippen LogP contribution in [0.1, 0.15) is 50.7 Å². The summed E-state index contributed by atoms with van der Waals surface area (Å²) in [5.41, 5.74) is 5.49. The third-order valence-corrected chi connectivity index (χ3v) is 6.29. The van der Waals surface area contributed by atoms with E-state index in [1.807, 2.05) is 18.2 Å². The Balaban J connectivity index is 1.79. The quantitative estimate of drug-likeness (QED) is 0.297. The zero-order valence-electron chi connectivity index (χ0n) is 20.8. The van der Waals surface area contributed by atoms with Gasteiger partial charge >= 0.3 is 0 Å². The van der Waals surface area contributed by atoms with E-state index in [-0.39, 0.29) is 11.8 Å². The van der Waals surface area contributed by atoms with E-state index in [0.717, 1.165) is 52.9 Å². The van der Waals surface area contributed by atoms with E-state index in [2.05, 4.69) is 79.7 Å². The van der Waals surface area contributed by atoms with Crippen LogP contribution in [-0.4, -0.2) is 16.5 Å².